The van der Waals surface area contributed by atoms with E-state index in [1.165, 1.54) is 17.5 Å². The van der Waals surface area contributed by atoms with Gasteiger partial charge in [-0.15, -0.1) is 11.3 Å². The van der Waals surface area contributed by atoms with Gasteiger partial charge in [-0.2, -0.15) is 5.10 Å². The van der Waals surface area contributed by atoms with Crippen molar-refractivity contribution in [2.75, 3.05) is 18.4 Å². The van der Waals surface area contributed by atoms with Crippen molar-refractivity contribution < 1.29 is 9.59 Å². The van der Waals surface area contributed by atoms with Crippen molar-refractivity contribution in [1.29, 1.82) is 0 Å². The van der Waals surface area contributed by atoms with E-state index in [0.717, 1.165) is 35.5 Å². The minimum Gasteiger partial charge on any atom is -0.365 e. The third-order valence-corrected chi connectivity index (χ3v) is 6.28. The molecular weight excluding hydrogens is 376 g/mol. The van der Waals surface area contributed by atoms with E-state index in [1.807, 2.05) is 19.2 Å². The van der Waals surface area contributed by atoms with Gasteiger partial charge in [-0.3, -0.25) is 19.5 Å². The summed E-state index contributed by atoms with van der Waals surface area (Å²) in [6.45, 7) is 5.41. The molecule has 0 radical (unpaired) electrons. The lowest BCUT2D eigenvalue weighted by Crippen LogP contribution is -2.35. The molecule has 0 spiro atoms. The van der Waals surface area contributed by atoms with Crippen LogP contribution in [0.3, 0.4) is 0 Å². The molecule has 4 heterocycles. The van der Waals surface area contributed by atoms with Gasteiger partial charge in [0, 0.05) is 23.5 Å². The topological polar surface area (TPSA) is 106 Å². The van der Waals surface area contributed by atoms with Crippen molar-refractivity contribution in [3.63, 3.8) is 0 Å². The number of nitrogens with two attached hydrogens (primary N) is 1. The molecule has 0 aromatic carbocycles. The second-order valence-corrected chi connectivity index (χ2v) is 8.17. The Bertz CT molecular complexity index is 1060. The summed E-state index contributed by atoms with van der Waals surface area (Å²) in [6, 6.07) is 2.35. The Hall–Kier alpha value is -2.78. The minimum atomic E-state index is -0.504. The number of rotatable bonds is 5. The number of hydrogen-bond donors (Lipinski definition) is 2. The normalized spacial score (nSPS) is 17.3. The highest BCUT2D eigenvalue weighted by Gasteiger charge is 2.22. The Labute approximate surface area is 166 Å². The smallest absolute Gasteiger partial charge is 0.253 e. The zero-order chi connectivity index (χ0) is 19.8. The van der Waals surface area contributed by atoms with Crippen LogP contribution in [0.15, 0.2) is 24.7 Å². The fourth-order valence-corrected chi connectivity index (χ4v) is 4.68. The number of thiazole rings is 1. The molecule has 3 N–H and O–H groups in total. The molecule has 1 saturated heterocycles. The summed E-state index contributed by atoms with van der Waals surface area (Å²) in [6.07, 6.45) is 7.25. The number of amides is 2. The first-order chi connectivity index (χ1) is 13.4. The van der Waals surface area contributed by atoms with Gasteiger partial charge in [0.1, 0.15) is 4.83 Å². The lowest BCUT2D eigenvalue weighted by Gasteiger charge is -2.20. The molecule has 1 fully saturated rings. The molecule has 0 bridgehead atoms. The van der Waals surface area contributed by atoms with Crippen LogP contribution in [-0.4, -0.2) is 50.4 Å². The number of anilines is 1. The van der Waals surface area contributed by atoms with Gasteiger partial charge in [0.05, 0.1) is 35.1 Å². The van der Waals surface area contributed by atoms with Crippen molar-refractivity contribution in [3.8, 4) is 10.4 Å². The fraction of sp³-hybridized carbons (Fsp3) is 0.368. The van der Waals surface area contributed by atoms with Crippen LogP contribution in [0.4, 0.5) is 5.69 Å². The summed E-state index contributed by atoms with van der Waals surface area (Å²) < 4.78 is 1.64. The standard InChI is InChI=1S/C19H22N6O2S/c1-11-4-3-5-24(11)10-17(26)23-13-6-14(12(2)21-7-13)16-9-25-19(28-16)15(8-22-25)18(20)27/h6-9,11H,3-5,10H2,1-2H3,(H2,20,27)(H,23,26). The number of carbonyl (C=O) groups is 2. The molecule has 0 saturated carbocycles. The van der Waals surface area contributed by atoms with E-state index >= 15 is 0 Å². The minimum absolute atomic E-state index is 0.0395. The summed E-state index contributed by atoms with van der Waals surface area (Å²) in [7, 11) is 0. The molecule has 4 rings (SSSR count). The maximum absolute atomic E-state index is 12.4. The molecule has 1 unspecified atom stereocenters. The van der Waals surface area contributed by atoms with E-state index in [4.69, 9.17) is 5.73 Å². The predicted molar refractivity (Wildman–Crippen MR) is 108 cm³/mol. The summed E-state index contributed by atoms with van der Waals surface area (Å²) in [5.41, 5.74) is 8.17. The van der Waals surface area contributed by atoms with E-state index < -0.39 is 5.91 Å². The summed E-state index contributed by atoms with van der Waals surface area (Å²) >= 11 is 1.42. The van der Waals surface area contributed by atoms with Gasteiger partial charge >= 0.3 is 0 Å². The largest absolute Gasteiger partial charge is 0.365 e. The lowest BCUT2D eigenvalue weighted by molar-refractivity contribution is -0.117. The maximum atomic E-state index is 12.4. The zero-order valence-corrected chi connectivity index (χ0v) is 16.6. The average molecular weight is 398 g/mol. The SMILES string of the molecule is Cc1ncc(NC(=O)CN2CCCC2C)cc1-c1cn2ncc(C(N)=O)c2s1. The maximum Gasteiger partial charge on any atom is 0.253 e. The van der Waals surface area contributed by atoms with Crippen LogP contribution in [0.2, 0.25) is 0 Å². The molecule has 0 aliphatic carbocycles. The van der Waals surface area contributed by atoms with E-state index in [2.05, 4.69) is 27.2 Å². The Morgan fingerprint density at radius 1 is 1.39 bits per heavy atom. The molecule has 28 heavy (non-hydrogen) atoms. The monoisotopic (exact) mass is 398 g/mol. The quantitative estimate of drug-likeness (QED) is 0.686. The first kappa shape index (κ1) is 18.6. The van der Waals surface area contributed by atoms with E-state index in [0.29, 0.717) is 28.7 Å². The Balaban J connectivity index is 1.57. The van der Waals surface area contributed by atoms with Crippen LogP contribution >= 0.6 is 11.3 Å². The third-order valence-electron chi connectivity index (χ3n) is 5.13. The second kappa shape index (κ2) is 7.33. The number of hydrogen-bond acceptors (Lipinski definition) is 6. The summed E-state index contributed by atoms with van der Waals surface area (Å²) in [5.74, 6) is -0.544. The molecule has 1 aliphatic heterocycles. The summed E-state index contributed by atoms with van der Waals surface area (Å²) in [4.78, 5) is 32.2. The highest BCUT2D eigenvalue weighted by molar-refractivity contribution is 7.21. The fourth-order valence-electron chi connectivity index (χ4n) is 3.54. The van der Waals surface area contributed by atoms with E-state index in [-0.39, 0.29) is 5.91 Å². The Morgan fingerprint density at radius 3 is 2.93 bits per heavy atom. The highest BCUT2D eigenvalue weighted by Crippen LogP contribution is 2.33. The van der Waals surface area contributed by atoms with Gasteiger partial charge in [-0.05, 0) is 39.3 Å². The number of aryl methyl sites for hydroxylation is 1. The molecule has 3 aromatic rings. The number of carbonyl (C=O) groups excluding carboxylic acids is 2. The molecule has 1 aliphatic rings. The molecule has 9 heteroatoms. The van der Waals surface area contributed by atoms with Crippen LogP contribution < -0.4 is 11.1 Å². The van der Waals surface area contributed by atoms with Crippen molar-refractivity contribution in [2.45, 2.75) is 32.7 Å². The van der Waals surface area contributed by atoms with Gasteiger partial charge in [-0.1, -0.05) is 0 Å². The summed E-state index contributed by atoms with van der Waals surface area (Å²) in [5, 5.41) is 7.13. The van der Waals surface area contributed by atoms with Crippen molar-refractivity contribution in [3.05, 3.63) is 35.9 Å². The van der Waals surface area contributed by atoms with Gasteiger partial charge in [0.25, 0.3) is 5.91 Å². The van der Waals surface area contributed by atoms with Crippen LogP contribution in [0.25, 0.3) is 15.3 Å². The molecule has 2 amide bonds. The first-order valence-electron chi connectivity index (χ1n) is 9.20. The Kier molecular flexibility index (Phi) is 4.86. The van der Waals surface area contributed by atoms with E-state index in [9.17, 15) is 9.59 Å². The van der Waals surface area contributed by atoms with Gasteiger partial charge in [0.15, 0.2) is 0 Å². The van der Waals surface area contributed by atoms with Crippen molar-refractivity contribution >= 4 is 33.7 Å². The van der Waals surface area contributed by atoms with Crippen molar-refractivity contribution in [1.82, 2.24) is 19.5 Å². The van der Waals surface area contributed by atoms with Crippen LogP contribution in [0.5, 0.6) is 0 Å². The van der Waals surface area contributed by atoms with Gasteiger partial charge < -0.3 is 11.1 Å². The number of nitrogens with one attached hydrogen (secondary N) is 1. The first-order valence-corrected chi connectivity index (χ1v) is 10.0. The Morgan fingerprint density at radius 2 is 2.21 bits per heavy atom. The number of fused-ring (bicyclic) bond motifs is 1. The third kappa shape index (κ3) is 3.50. The van der Waals surface area contributed by atoms with Gasteiger partial charge in [0.2, 0.25) is 5.91 Å². The second-order valence-electron chi connectivity index (χ2n) is 7.13. The van der Waals surface area contributed by atoms with Crippen LogP contribution in [0, 0.1) is 6.92 Å². The average Bonchev–Trinajstić information content (AvgIpc) is 3.32. The molecular formula is C19H22N6O2S. The van der Waals surface area contributed by atoms with E-state index in [1.54, 1.807) is 10.7 Å². The van der Waals surface area contributed by atoms with Crippen LogP contribution in [0.1, 0.15) is 35.8 Å². The number of pyridine rings is 1. The number of nitrogens with zero attached hydrogens (tertiary/aromatic N) is 4. The van der Waals surface area contributed by atoms with Crippen LogP contribution in [-0.2, 0) is 4.79 Å². The number of aromatic nitrogens is 3. The molecule has 1 atom stereocenters. The number of primary amides is 1. The lowest BCUT2D eigenvalue weighted by atomic mass is 10.1. The van der Waals surface area contributed by atoms with Crippen molar-refractivity contribution in [2.24, 2.45) is 5.73 Å². The molecule has 146 valence electrons. The zero-order valence-electron chi connectivity index (χ0n) is 15.8. The molecule has 8 nitrogen and oxygen atoms in total. The highest BCUT2D eigenvalue weighted by atomic mass is 32.1. The predicted octanol–water partition coefficient (Wildman–Crippen LogP) is 2.29. The molecule has 3 aromatic heterocycles. The van der Waals surface area contributed by atoms with Gasteiger partial charge in [-0.25, -0.2) is 4.52 Å². The number of likely N-dealkylation sites (tertiary alicyclic amines) is 1.